The summed E-state index contributed by atoms with van der Waals surface area (Å²) < 4.78 is 0. The molecule has 2 aromatic carbocycles. The Labute approximate surface area is 147 Å². The standard InChI is InChI=1S/C18H12ClNO3S/c19-13-8-6-11(7-9-13)16-15(18(22)23)14(10-24-16)20-17(21)12-4-2-1-3-5-12/h1-10H,(H,20,21)(H,22,23). The Bertz CT molecular complexity index is 888. The second-order valence-electron chi connectivity index (χ2n) is 4.99. The number of halogens is 1. The molecular formula is C18H12ClNO3S. The van der Waals surface area contributed by atoms with Crippen LogP contribution in [0.3, 0.4) is 0 Å². The van der Waals surface area contributed by atoms with Gasteiger partial charge in [0.15, 0.2) is 0 Å². The van der Waals surface area contributed by atoms with Crippen LogP contribution in [-0.2, 0) is 0 Å². The van der Waals surface area contributed by atoms with Crippen LogP contribution < -0.4 is 5.32 Å². The van der Waals surface area contributed by atoms with Gasteiger partial charge in [0.25, 0.3) is 5.91 Å². The monoisotopic (exact) mass is 357 g/mol. The number of hydrogen-bond acceptors (Lipinski definition) is 3. The number of carboxylic acid groups (broad SMARTS) is 1. The third-order valence-corrected chi connectivity index (χ3v) is 4.68. The van der Waals surface area contributed by atoms with Crippen molar-refractivity contribution in [3.05, 3.63) is 76.1 Å². The van der Waals surface area contributed by atoms with Gasteiger partial charge in [-0.25, -0.2) is 4.79 Å². The topological polar surface area (TPSA) is 66.4 Å². The largest absolute Gasteiger partial charge is 0.478 e. The van der Waals surface area contributed by atoms with E-state index in [9.17, 15) is 14.7 Å². The predicted molar refractivity (Wildman–Crippen MR) is 96.1 cm³/mol. The molecule has 3 rings (SSSR count). The molecule has 0 bridgehead atoms. The average Bonchev–Trinajstić information content (AvgIpc) is 3.00. The fraction of sp³-hybridized carbons (Fsp3) is 0. The van der Waals surface area contributed by atoms with Crippen LogP contribution in [0, 0.1) is 0 Å². The first kappa shape index (κ1) is 16.2. The summed E-state index contributed by atoms with van der Waals surface area (Å²) in [6.07, 6.45) is 0. The summed E-state index contributed by atoms with van der Waals surface area (Å²) in [7, 11) is 0. The lowest BCUT2D eigenvalue weighted by molar-refractivity contribution is 0.0699. The number of benzene rings is 2. The number of hydrogen-bond donors (Lipinski definition) is 2. The van der Waals surface area contributed by atoms with Gasteiger partial charge >= 0.3 is 5.97 Å². The summed E-state index contributed by atoms with van der Waals surface area (Å²) in [5, 5.41) is 14.4. The van der Waals surface area contributed by atoms with Crippen molar-refractivity contribution in [1.29, 1.82) is 0 Å². The quantitative estimate of drug-likeness (QED) is 0.689. The molecule has 0 aliphatic rings. The minimum absolute atomic E-state index is 0.0756. The van der Waals surface area contributed by atoms with Crippen LogP contribution >= 0.6 is 22.9 Å². The number of nitrogens with one attached hydrogen (secondary N) is 1. The first-order chi connectivity index (χ1) is 11.6. The highest BCUT2D eigenvalue weighted by Gasteiger charge is 2.21. The second-order valence-corrected chi connectivity index (χ2v) is 6.30. The van der Waals surface area contributed by atoms with E-state index in [0.717, 1.165) is 5.56 Å². The summed E-state index contributed by atoms with van der Waals surface area (Å²) >= 11 is 7.14. The molecule has 1 heterocycles. The van der Waals surface area contributed by atoms with Crippen LogP contribution in [-0.4, -0.2) is 17.0 Å². The molecule has 0 fully saturated rings. The van der Waals surface area contributed by atoms with Crippen molar-refractivity contribution in [1.82, 2.24) is 0 Å². The molecule has 2 N–H and O–H groups in total. The number of carboxylic acids is 1. The Kier molecular flexibility index (Phi) is 4.64. The molecule has 0 saturated carbocycles. The molecule has 1 aromatic heterocycles. The third-order valence-electron chi connectivity index (χ3n) is 3.40. The molecule has 3 aromatic rings. The van der Waals surface area contributed by atoms with Crippen LogP contribution in [0.5, 0.6) is 0 Å². The van der Waals surface area contributed by atoms with E-state index in [2.05, 4.69) is 5.32 Å². The number of aromatic carboxylic acids is 1. The average molecular weight is 358 g/mol. The van der Waals surface area contributed by atoms with Crippen LogP contribution in [0.1, 0.15) is 20.7 Å². The molecule has 24 heavy (non-hydrogen) atoms. The number of thiophene rings is 1. The molecule has 1 amide bonds. The molecule has 0 unspecified atom stereocenters. The Morgan fingerprint density at radius 1 is 1.00 bits per heavy atom. The summed E-state index contributed by atoms with van der Waals surface area (Å²) in [5.74, 6) is -1.44. The zero-order chi connectivity index (χ0) is 17.1. The van der Waals surface area contributed by atoms with Gasteiger partial charge in [0.1, 0.15) is 5.56 Å². The number of anilines is 1. The fourth-order valence-corrected chi connectivity index (χ4v) is 3.39. The minimum Gasteiger partial charge on any atom is -0.478 e. The van der Waals surface area contributed by atoms with E-state index in [-0.39, 0.29) is 17.2 Å². The fourth-order valence-electron chi connectivity index (χ4n) is 2.26. The molecule has 0 aliphatic heterocycles. The van der Waals surface area contributed by atoms with Crippen LogP contribution in [0.4, 0.5) is 5.69 Å². The van der Waals surface area contributed by atoms with E-state index in [4.69, 9.17) is 11.6 Å². The normalized spacial score (nSPS) is 10.4. The van der Waals surface area contributed by atoms with Crippen LogP contribution in [0.25, 0.3) is 10.4 Å². The minimum atomic E-state index is -1.09. The Morgan fingerprint density at radius 3 is 2.29 bits per heavy atom. The highest BCUT2D eigenvalue weighted by molar-refractivity contribution is 7.14. The highest BCUT2D eigenvalue weighted by atomic mass is 35.5. The zero-order valence-corrected chi connectivity index (χ0v) is 13.9. The van der Waals surface area contributed by atoms with Crippen molar-refractivity contribution in [3.63, 3.8) is 0 Å². The van der Waals surface area contributed by atoms with E-state index < -0.39 is 5.97 Å². The van der Waals surface area contributed by atoms with Gasteiger partial charge in [-0.3, -0.25) is 4.79 Å². The first-order valence-electron chi connectivity index (χ1n) is 7.03. The Hall–Kier alpha value is -2.63. The lowest BCUT2D eigenvalue weighted by Gasteiger charge is -2.06. The summed E-state index contributed by atoms with van der Waals surface area (Å²) in [4.78, 5) is 24.5. The van der Waals surface area contributed by atoms with Gasteiger partial charge in [-0.2, -0.15) is 0 Å². The summed E-state index contributed by atoms with van der Waals surface area (Å²) in [6.45, 7) is 0. The van der Waals surface area contributed by atoms with Crippen LogP contribution in [0.15, 0.2) is 60.0 Å². The Morgan fingerprint density at radius 2 is 1.67 bits per heavy atom. The maximum Gasteiger partial charge on any atom is 0.339 e. The van der Waals surface area contributed by atoms with Gasteiger partial charge < -0.3 is 10.4 Å². The van der Waals surface area contributed by atoms with Crippen molar-refractivity contribution < 1.29 is 14.7 Å². The van der Waals surface area contributed by atoms with Gasteiger partial charge in [0.2, 0.25) is 0 Å². The molecule has 0 radical (unpaired) electrons. The lowest BCUT2D eigenvalue weighted by atomic mass is 10.1. The van der Waals surface area contributed by atoms with E-state index >= 15 is 0 Å². The molecule has 6 heteroatoms. The summed E-state index contributed by atoms with van der Waals surface area (Å²) in [6, 6.07) is 15.6. The van der Waals surface area contributed by atoms with E-state index in [1.54, 1.807) is 53.9 Å². The van der Waals surface area contributed by atoms with Crippen molar-refractivity contribution in [2.45, 2.75) is 0 Å². The van der Waals surface area contributed by atoms with Gasteiger partial charge in [-0.1, -0.05) is 41.9 Å². The van der Waals surface area contributed by atoms with Crippen LogP contribution in [0.2, 0.25) is 5.02 Å². The van der Waals surface area contributed by atoms with E-state index in [1.807, 2.05) is 6.07 Å². The molecule has 0 spiro atoms. The van der Waals surface area contributed by atoms with E-state index in [1.165, 1.54) is 11.3 Å². The number of carbonyl (C=O) groups excluding carboxylic acids is 1. The number of carbonyl (C=O) groups is 2. The first-order valence-corrected chi connectivity index (χ1v) is 8.29. The second kappa shape index (κ2) is 6.86. The SMILES string of the molecule is O=C(Nc1csc(-c2ccc(Cl)cc2)c1C(=O)O)c1ccccc1. The van der Waals surface area contributed by atoms with Crippen molar-refractivity contribution >= 4 is 40.5 Å². The molecule has 0 saturated heterocycles. The van der Waals surface area contributed by atoms with Gasteiger partial charge in [0, 0.05) is 16.0 Å². The van der Waals surface area contributed by atoms with Gasteiger partial charge in [-0.15, -0.1) is 11.3 Å². The lowest BCUT2D eigenvalue weighted by Crippen LogP contribution is -2.13. The molecular weight excluding hydrogens is 346 g/mol. The van der Waals surface area contributed by atoms with E-state index in [0.29, 0.717) is 15.5 Å². The molecule has 0 aliphatic carbocycles. The maximum atomic E-state index is 12.3. The zero-order valence-electron chi connectivity index (χ0n) is 12.3. The maximum absolute atomic E-state index is 12.3. The van der Waals surface area contributed by atoms with Gasteiger partial charge in [0.05, 0.1) is 10.6 Å². The highest BCUT2D eigenvalue weighted by Crippen LogP contribution is 2.36. The predicted octanol–water partition coefficient (Wildman–Crippen LogP) is 5.02. The smallest absolute Gasteiger partial charge is 0.339 e. The van der Waals surface area contributed by atoms with Crippen molar-refractivity contribution in [3.8, 4) is 10.4 Å². The van der Waals surface area contributed by atoms with Crippen molar-refractivity contribution in [2.75, 3.05) is 5.32 Å². The van der Waals surface area contributed by atoms with Crippen molar-refractivity contribution in [2.24, 2.45) is 0 Å². The number of amides is 1. The number of rotatable bonds is 4. The summed E-state index contributed by atoms with van der Waals surface area (Å²) in [5.41, 5.74) is 1.56. The third kappa shape index (κ3) is 3.32. The Balaban J connectivity index is 1.96. The molecule has 120 valence electrons. The molecule has 0 atom stereocenters. The molecule has 4 nitrogen and oxygen atoms in total. The van der Waals surface area contributed by atoms with Gasteiger partial charge in [-0.05, 0) is 29.8 Å².